The summed E-state index contributed by atoms with van der Waals surface area (Å²) >= 11 is 15.0. The molecule has 120 valence electrons. The van der Waals surface area contributed by atoms with Crippen molar-refractivity contribution in [2.24, 2.45) is 0 Å². The molecular formula is C15H11BrCl2FN3O. The Morgan fingerprint density at radius 1 is 1.39 bits per heavy atom. The van der Waals surface area contributed by atoms with Gasteiger partial charge < -0.3 is 5.11 Å². The number of aryl methyl sites for hydroxylation is 1. The zero-order chi connectivity index (χ0) is 16.9. The van der Waals surface area contributed by atoms with Gasteiger partial charge in [-0.3, -0.25) is 4.40 Å². The predicted molar refractivity (Wildman–Crippen MR) is 91.0 cm³/mol. The number of halogens is 4. The Morgan fingerprint density at radius 3 is 2.78 bits per heavy atom. The van der Waals surface area contributed by atoms with Gasteiger partial charge in [0.15, 0.2) is 11.0 Å². The average molecular weight is 419 g/mol. The average Bonchev–Trinajstić information content (AvgIpc) is 2.86. The summed E-state index contributed by atoms with van der Waals surface area (Å²) in [5.41, 5.74) is 1.88. The quantitative estimate of drug-likeness (QED) is 0.588. The largest absolute Gasteiger partial charge is 0.506 e. The lowest BCUT2D eigenvalue weighted by molar-refractivity contribution is 0.454. The number of nitrogens with zero attached hydrogens (tertiary/aromatic N) is 3. The van der Waals surface area contributed by atoms with E-state index in [1.165, 1.54) is 6.07 Å². The number of phenols is 1. The molecule has 0 amide bonds. The molecule has 0 fully saturated rings. The normalized spacial score (nSPS) is 12.8. The third-order valence-electron chi connectivity index (χ3n) is 3.73. The summed E-state index contributed by atoms with van der Waals surface area (Å²) in [7, 11) is 0. The van der Waals surface area contributed by atoms with Gasteiger partial charge in [0, 0.05) is 23.9 Å². The molecule has 1 N–H and O–H groups in total. The Balaban J connectivity index is 2.23. The fourth-order valence-corrected chi connectivity index (χ4v) is 3.62. The van der Waals surface area contributed by atoms with E-state index in [2.05, 4.69) is 25.9 Å². The molecule has 2 aromatic heterocycles. The lowest BCUT2D eigenvalue weighted by atomic mass is 9.99. The molecule has 0 radical (unpaired) electrons. The summed E-state index contributed by atoms with van der Waals surface area (Å²) < 4.78 is 15.5. The van der Waals surface area contributed by atoms with Crippen molar-refractivity contribution >= 4 is 44.6 Å². The molecule has 0 aliphatic heterocycles. The van der Waals surface area contributed by atoms with Crippen LogP contribution < -0.4 is 0 Å². The molecule has 3 aromatic rings. The van der Waals surface area contributed by atoms with Crippen LogP contribution in [0.2, 0.25) is 10.2 Å². The number of benzene rings is 1. The Labute approximate surface area is 150 Å². The summed E-state index contributed by atoms with van der Waals surface area (Å²) in [4.78, 5) is 8.57. The van der Waals surface area contributed by atoms with Gasteiger partial charge in [-0.2, -0.15) is 0 Å². The van der Waals surface area contributed by atoms with E-state index in [1.807, 2.05) is 13.8 Å². The van der Waals surface area contributed by atoms with Crippen molar-refractivity contribution in [3.05, 3.63) is 56.0 Å². The monoisotopic (exact) mass is 417 g/mol. The maximum atomic E-state index is 13.8. The van der Waals surface area contributed by atoms with Crippen molar-refractivity contribution in [2.45, 2.75) is 19.8 Å². The molecule has 0 saturated carbocycles. The molecule has 0 aliphatic carbocycles. The van der Waals surface area contributed by atoms with Crippen LogP contribution in [0.15, 0.2) is 22.9 Å². The minimum absolute atomic E-state index is 0.0656. The van der Waals surface area contributed by atoms with Crippen LogP contribution in [0.5, 0.6) is 5.75 Å². The van der Waals surface area contributed by atoms with Crippen LogP contribution in [0.3, 0.4) is 0 Å². The molecule has 0 bridgehead atoms. The minimum Gasteiger partial charge on any atom is -0.506 e. The molecule has 2 heterocycles. The summed E-state index contributed by atoms with van der Waals surface area (Å²) in [6, 6.07) is 1.40. The van der Waals surface area contributed by atoms with Gasteiger partial charge in [-0.1, -0.05) is 30.1 Å². The van der Waals surface area contributed by atoms with Crippen LogP contribution in [-0.2, 0) is 0 Å². The van der Waals surface area contributed by atoms with Gasteiger partial charge in [-0.05, 0) is 28.9 Å². The molecule has 1 atom stereocenters. The smallest absolute Gasteiger partial charge is 0.159 e. The predicted octanol–water partition coefficient (Wildman–Crippen LogP) is 5.10. The molecule has 23 heavy (non-hydrogen) atoms. The van der Waals surface area contributed by atoms with Crippen LogP contribution in [0.4, 0.5) is 4.39 Å². The molecule has 0 spiro atoms. The van der Waals surface area contributed by atoms with Gasteiger partial charge in [0.25, 0.3) is 0 Å². The summed E-state index contributed by atoms with van der Waals surface area (Å²) in [5.74, 6) is -0.596. The number of phenolic OH excluding ortho intramolecular Hbond substituents is 1. The van der Waals surface area contributed by atoms with Crippen LogP contribution in [0, 0.1) is 12.7 Å². The van der Waals surface area contributed by atoms with E-state index < -0.39 is 5.82 Å². The summed E-state index contributed by atoms with van der Waals surface area (Å²) in [6.07, 6.45) is 3.31. The molecule has 1 aromatic carbocycles. The van der Waals surface area contributed by atoms with E-state index in [0.29, 0.717) is 22.1 Å². The molecule has 3 rings (SSSR count). The summed E-state index contributed by atoms with van der Waals surface area (Å²) in [5, 5.41) is 10.5. The molecule has 4 nitrogen and oxygen atoms in total. The van der Waals surface area contributed by atoms with E-state index in [0.717, 1.165) is 5.69 Å². The number of rotatable bonds is 2. The van der Waals surface area contributed by atoms with Crippen LogP contribution >= 0.6 is 39.1 Å². The molecular weight excluding hydrogens is 408 g/mol. The highest BCUT2D eigenvalue weighted by molar-refractivity contribution is 9.10. The number of hydrogen-bond acceptors (Lipinski definition) is 3. The van der Waals surface area contributed by atoms with E-state index in [4.69, 9.17) is 23.2 Å². The second kappa shape index (κ2) is 5.92. The fourth-order valence-electron chi connectivity index (χ4n) is 2.57. The van der Waals surface area contributed by atoms with Crippen LogP contribution in [0.25, 0.3) is 5.52 Å². The Hall–Kier alpha value is -1.37. The first-order valence-electron chi connectivity index (χ1n) is 6.68. The second-order valence-electron chi connectivity index (χ2n) is 5.14. The first-order valence-corrected chi connectivity index (χ1v) is 8.23. The van der Waals surface area contributed by atoms with Crippen molar-refractivity contribution in [3.63, 3.8) is 0 Å². The van der Waals surface area contributed by atoms with Crippen molar-refractivity contribution in [3.8, 4) is 5.75 Å². The van der Waals surface area contributed by atoms with Gasteiger partial charge >= 0.3 is 0 Å². The highest BCUT2D eigenvalue weighted by Crippen LogP contribution is 2.40. The third kappa shape index (κ3) is 2.58. The van der Waals surface area contributed by atoms with E-state index in [1.54, 1.807) is 16.8 Å². The standard InChI is InChI=1S/C15H11BrCl2FN3O/c1-6(8-5-9(17)11(19)10(16)13(8)23)15-21-7(2)12-14(18)20-3-4-22(12)15/h3-6,23H,1-2H3/t6-/m0/s1. The van der Waals surface area contributed by atoms with Gasteiger partial charge in [0.05, 0.1) is 15.2 Å². The molecule has 0 aliphatic rings. The second-order valence-corrected chi connectivity index (χ2v) is 6.70. The van der Waals surface area contributed by atoms with Crippen molar-refractivity contribution < 1.29 is 9.50 Å². The molecule has 0 saturated heterocycles. The van der Waals surface area contributed by atoms with Crippen molar-refractivity contribution in [2.75, 3.05) is 0 Å². The fraction of sp³-hybridized carbons (Fsp3) is 0.200. The maximum Gasteiger partial charge on any atom is 0.159 e. The Kier molecular flexibility index (Phi) is 4.25. The van der Waals surface area contributed by atoms with Crippen LogP contribution in [0.1, 0.15) is 29.9 Å². The minimum atomic E-state index is -0.698. The Bertz CT molecular complexity index is 929. The first-order chi connectivity index (χ1) is 10.8. The topological polar surface area (TPSA) is 50.4 Å². The van der Waals surface area contributed by atoms with Gasteiger partial charge in [0.1, 0.15) is 17.1 Å². The number of aromatic nitrogens is 3. The number of imidazole rings is 1. The number of aromatic hydroxyl groups is 1. The number of hydrogen-bond donors (Lipinski definition) is 1. The summed E-state index contributed by atoms with van der Waals surface area (Å²) in [6.45, 7) is 3.67. The Morgan fingerprint density at radius 2 is 2.09 bits per heavy atom. The van der Waals surface area contributed by atoms with Crippen molar-refractivity contribution in [1.29, 1.82) is 0 Å². The van der Waals surface area contributed by atoms with Gasteiger partial charge in [0.2, 0.25) is 0 Å². The lowest BCUT2D eigenvalue weighted by Crippen LogP contribution is -2.04. The van der Waals surface area contributed by atoms with E-state index in [9.17, 15) is 9.50 Å². The molecule has 0 unspecified atom stereocenters. The highest BCUT2D eigenvalue weighted by Gasteiger charge is 2.24. The van der Waals surface area contributed by atoms with Crippen LogP contribution in [-0.4, -0.2) is 19.5 Å². The lowest BCUT2D eigenvalue weighted by Gasteiger charge is -2.15. The maximum absolute atomic E-state index is 13.8. The van der Waals surface area contributed by atoms with Crippen molar-refractivity contribution in [1.82, 2.24) is 14.4 Å². The molecule has 8 heteroatoms. The SMILES string of the molecule is Cc1nc([C@@H](C)c2cc(Cl)c(F)c(Br)c2O)n2ccnc(Cl)c12. The van der Waals surface area contributed by atoms with E-state index in [-0.39, 0.29) is 21.2 Å². The van der Waals surface area contributed by atoms with Gasteiger partial charge in [-0.25, -0.2) is 14.4 Å². The third-order valence-corrected chi connectivity index (χ3v) is 5.01. The first kappa shape index (κ1) is 16.5. The zero-order valence-corrected chi connectivity index (χ0v) is 15.2. The number of fused-ring (bicyclic) bond motifs is 1. The highest BCUT2D eigenvalue weighted by atomic mass is 79.9. The zero-order valence-electron chi connectivity index (χ0n) is 12.1. The van der Waals surface area contributed by atoms with E-state index >= 15 is 0 Å². The van der Waals surface area contributed by atoms with Gasteiger partial charge in [-0.15, -0.1) is 0 Å².